The average molecular weight is 1990 g/mol. The van der Waals surface area contributed by atoms with Gasteiger partial charge in [0, 0.05) is 120 Å². The van der Waals surface area contributed by atoms with E-state index in [9.17, 15) is 38.7 Å². The zero-order valence-corrected chi connectivity index (χ0v) is 84.8. The summed E-state index contributed by atoms with van der Waals surface area (Å²) < 4.78 is 16.2. The molecule has 8 heterocycles. The van der Waals surface area contributed by atoms with Gasteiger partial charge in [-0.05, 0) is 153 Å². The predicted molar refractivity (Wildman–Crippen MR) is 550 cm³/mol. The van der Waals surface area contributed by atoms with Crippen molar-refractivity contribution in [3.63, 3.8) is 0 Å². The van der Waals surface area contributed by atoms with E-state index >= 15 is 0 Å². The summed E-state index contributed by atoms with van der Waals surface area (Å²) in [6, 6.07) is 97.2. The molecular formula is C113H115BrClKN12O12. The number of alkyl halides is 1. The van der Waals surface area contributed by atoms with Crippen molar-refractivity contribution in [1.29, 1.82) is 0 Å². The Kier molecular flexibility index (Phi) is 43.3. The van der Waals surface area contributed by atoms with Crippen LogP contribution in [0.5, 0.6) is 0 Å². The van der Waals surface area contributed by atoms with Crippen molar-refractivity contribution in [3.8, 4) is 56.3 Å². The molecule has 0 saturated heterocycles. The number of carbonyl (C=O) groups excluding carboxylic acids is 7. The van der Waals surface area contributed by atoms with E-state index in [2.05, 4.69) is 58.0 Å². The zero-order chi connectivity index (χ0) is 96.8. The van der Waals surface area contributed by atoms with E-state index < -0.39 is 24.2 Å². The Morgan fingerprint density at radius 1 is 0.379 bits per heavy atom. The fraction of sp³-hybridized carbons (Fsp3) is 0.239. The number of nitrogens with zero attached hydrogens (tertiary/aromatic N) is 7. The van der Waals surface area contributed by atoms with Crippen LogP contribution < -0.4 is 83.5 Å². The molecule has 14 aromatic rings. The molecule has 5 aliphatic rings. The summed E-state index contributed by atoms with van der Waals surface area (Å²) in [6.45, 7) is 11.2. The molecule has 19 rings (SSSR count). The number of anilines is 4. The van der Waals surface area contributed by atoms with Gasteiger partial charge in [0.05, 0.1) is 82.2 Å². The van der Waals surface area contributed by atoms with Gasteiger partial charge in [-0.15, -0.1) is 12.4 Å². The molecule has 27 heteroatoms. The maximum Gasteiger partial charge on any atom is 1.00 e. The van der Waals surface area contributed by atoms with Crippen molar-refractivity contribution in [3.05, 3.63) is 387 Å². The number of pyridine rings is 5. The third-order valence-corrected chi connectivity index (χ3v) is 23.9. The van der Waals surface area contributed by atoms with Crippen LogP contribution in [0.4, 0.5) is 37.1 Å². The summed E-state index contributed by atoms with van der Waals surface area (Å²) in [5.41, 5.74) is 32.2. The maximum absolute atomic E-state index is 12.5. The molecule has 0 unspecified atom stereocenters. The molecule has 9 aromatic carbocycles. The van der Waals surface area contributed by atoms with Crippen LogP contribution in [0.1, 0.15) is 135 Å². The number of carbonyl (C=O) groups is 7. The van der Waals surface area contributed by atoms with E-state index in [0.29, 0.717) is 53.4 Å². The van der Waals surface area contributed by atoms with Crippen molar-refractivity contribution in [1.82, 2.24) is 40.0 Å². The number of fused-ring (bicyclic) bond motifs is 5. The number of hydrogen-bond donors (Lipinski definition) is 6. The number of benzene rings is 9. The second kappa shape index (κ2) is 56.3. The summed E-state index contributed by atoms with van der Waals surface area (Å²) >= 11 is 2.96. The van der Waals surface area contributed by atoms with Gasteiger partial charge < -0.3 is 40.3 Å². The molecular weight excluding hydrogens is 1870 g/mol. The summed E-state index contributed by atoms with van der Waals surface area (Å²) in [5.74, 6) is -0.648. The van der Waals surface area contributed by atoms with Gasteiger partial charge in [0.1, 0.15) is 37.2 Å². The van der Waals surface area contributed by atoms with Gasteiger partial charge in [-0.1, -0.05) is 289 Å². The molecule has 0 spiro atoms. The third kappa shape index (κ3) is 33.1. The Morgan fingerprint density at radius 3 is 1.02 bits per heavy atom. The number of aromatic nitrogens is 5. The van der Waals surface area contributed by atoms with Gasteiger partial charge in [0.25, 0.3) is 0 Å². The van der Waals surface area contributed by atoms with E-state index in [0.717, 1.165) is 221 Å². The first kappa shape index (κ1) is 107. The second-order valence-corrected chi connectivity index (χ2v) is 34.4. The molecule has 5 aromatic heterocycles. The molecule has 0 saturated carbocycles. The molecule has 0 radical (unpaired) electrons. The molecule has 0 fully saturated rings. The number of aryl methyl sites for hydroxylation is 4. The first-order valence-corrected chi connectivity index (χ1v) is 47.5. The number of Topliss-reactive ketones (excluding diaryl/α,β-unsaturated/α-hetero) is 3. The number of rotatable bonds is 21. The summed E-state index contributed by atoms with van der Waals surface area (Å²) in [5, 5.41) is 32.3. The quantitative estimate of drug-likeness (QED) is 0.0221. The molecule has 7 N–H and O–H groups in total. The smallest absolute Gasteiger partial charge is 0.545 e. The molecule has 0 atom stereocenters. The Hall–Kier alpha value is -12.9. The van der Waals surface area contributed by atoms with E-state index in [1.807, 2.05) is 291 Å². The van der Waals surface area contributed by atoms with Crippen LogP contribution in [-0.4, -0.2) is 119 Å². The zero-order valence-electron chi connectivity index (χ0n) is 79.3. The van der Waals surface area contributed by atoms with Crippen LogP contribution in [0.15, 0.2) is 303 Å². The predicted octanol–water partition coefficient (Wildman–Crippen LogP) is 17.8. The van der Waals surface area contributed by atoms with Crippen molar-refractivity contribution >= 4 is 92.7 Å². The van der Waals surface area contributed by atoms with Gasteiger partial charge in [0.2, 0.25) is 0 Å². The van der Waals surface area contributed by atoms with Crippen molar-refractivity contribution in [2.75, 3.05) is 59.7 Å². The van der Waals surface area contributed by atoms with Crippen molar-refractivity contribution < 1.29 is 109 Å². The van der Waals surface area contributed by atoms with Gasteiger partial charge in [-0.25, -0.2) is 14.4 Å². The fourth-order valence-corrected chi connectivity index (χ4v) is 16.4. The van der Waals surface area contributed by atoms with E-state index in [1.165, 1.54) is 18.9 Å². The van der Waals surface area contributed by atoms with Gasteiger partial charge in [-0.3, -0.25) is 65.1 Å². The SMILES string of the molecule is CC(=O)CBr.CC(=O)CN1CCc2nc(-c3ccccc3)c(N)cc2C1.CC(=O)CN1CCc2nc(-c3ccccc3)c(NC(=O)OCc3ccccc3)cc2C1.Cl.O=C(Nc1cc2c(nc1-c1ccccc1)CCCC2)OCc1ccccc1.O=C(Nc1cc2c(nc1-c1ccccc1)CCNC2)OCc1ccccc1.O=C([O-])c1cc2c(nc1-c1ccccc1)CCCC2.OCc1ccccc1.[K+]. The van der Waals surface area contributed by atoms with Crippen LogP contribution in [0.3, 0.4) is 0 Å². The number of amides is 3. The number of nitrogen functional groups attached to an aromatic ring is 1. The van der Waals surface area contributed by atoms with Crippen LogP contribution in [0, 0.1) is 0 Å². The van der Waals surface area contributed by atoms with Crippen LogP contribution >= 0.6 is 28.3 Å². The Labute approximate surface area is 875 Å². The molecule has 714 valence electrons. The average Bonchev–Trinajstić information content (AvgIpc) is 0.784. The monoisotopic (exact) mass is 1980 g/mol. The number of ether oxygens (including phenoxy) is 3. The third-order valence-electron chi connectivity index (χ3n) is 23.1. The summed E-state index contributed by atoms with van der Waals surface area (Å²) in [4.78, 5) is 109. The number of aromatic carboxylic acids is 1. The number of carboxylic acids is 1. The summed E-state index contributed by atoms with van der Waals surface area (Å²) in [6.07, 6.45) is 9.44. The van der Waals surface area contributed by atoms with Gasteiger partial charge in [0.15, 0.2) is 0 Å². The number of aliphatic hydroxyl groups excluding tert-OH is 1. The number of hydrogen-bond acceptors (Lipinski definition) is 21. The fourth-order valence-electron chi connectivity index (χ4n) is 16.4. The number of nitrogens with two attached hydrogens (primary N) is 1. The van der Waals surface area contributed by atoms with Gasteiger partial charge >= 0.3 is 69.7 Å². The molecule has 3 amide bonds. The van der Waals surface area contributed by atoms with E-state index in [-0.39, 0.29) is 113 Å². The number of ketones is 3. The first-order chi connectivity index (χ1) is 67.3. The molecule has 3 aliphatic heterocycles. The van der Waals surface area contributed by atoms with E-state index in [4.69, 9.17) is 45.0 Å². The minimum Gasteiger partial charge on any atom is -0.545 e. The van der Waals surface area contributed by atoms with Crippen LogP contribution in [-0.2, 0) is 120 Å². The normalized spacial score (nSPS) is 12.8. The van der Waals surface area contributed by atoms with Crippen LogP contribution in [0.25, 0.3) is 56.3 Å². The molecule has 0 bridgehead atoms. The molecule has 2 aliphatic carbocycles. The number of aliphatic hydroxyl groups is 1. The largest absolute Gasteiger partial charge is 1.00 e. The van der Waals surface area contributed by atoms with Gasteiger partial charge in [-0.2, -0.15) is 0 Å². The molecule has 140 heavy (non-hydrogen) atoms. The topological polar surface area (TPSA) is 336 Å². The standard InChI is InChI=1S/C25H25N3O3.C23H22N2O2.C22H21N3O2.C17H19N3O.C16H15NO2.C7H8O.C3H5BrO.ClH.K/c1-18(29)15-28-13-12-22-21(16-28)14-23(24(26-22)20-10-6-3-7-11-20)27-25(30)31-17-19-8-4-2-5-9-19;26-23(27-16-17-9-3-1-4-10-17)25-21-15-19-13-7-8-14-20(19)24-22(21)18-11-5-2-6-12-18;26-22(27-15-16-7-3-1-4-8-16)25-20-13-18-14-23-12-11-19(18)24-21(20)17-9-5-2-6-10-17;1-12(21)10-20-8-7-16-14(11-20)9-15(18)17(19-16)13-5-3-2-4-6-13;18-16(19)13-10-12-8-4-5-9-14(12)17-15(13)11-6-2-1-3-7-11;8-6-7-4-2-1-3-5-7;1-3(5)2-4;;/h2-11,14H,12-13,15-17H2,1H3,(H,27,30);1-6,9-12,15H,7-8,13-14,16H2,(H,25,26);1-10,13,23H,11-12,14-15H2,(H,25,26);2-6,9H,7-8,10-11,18H2,1H3;1-3,6-7,10H,4-5,8-9H2,(H,18,19);1-5,8H,6H2;2H2,1H3;1H;/q;;;;;;;;+1/p-1. The van der Waals surface area contributed by atoms with Crippen LogP contribution in [0.2, 0.25) is 0 Å². The van der Waals surface area contributed by atoms with E-state index in [1.54, 1.807) is 19.9 Å². The Balaban J connectivity index is 0.000000162. The minimum absolute atomic E-state index is 0. The number of nitrogens with one attached hydrogen (secondary N) is 4. The van der Waals surface area contributed by atoms with Crippen molar-refractivity contribution in [2.24, 2.45) is 0 Å². The number of halogens is 2. The van der Waals surface area contributed by atoms with Crippen molar-refractivity contribution in [2.45, 2.75) is 137 Å². The minimum atomic E-state index is -1.15. The maximum atomic E-state index is 12.5. The first-order valence-electron chi connectivity index (χ1n) is 46.4. The Morgan fingerprint density at radius 2 is 0.671 bits per heavy atom. The summed E-state index contributed by atoms with van der Waals surface area (Å²) in [7, 11) is 0. The molecule has 24 nitrogen and oxygen atoms in total. The number of carboxylic acid groups (broad SMARTS) is 1. The Bertz CT molecular complexity index is 6240. The second-order valence-electron chi connectivity index (χ2n) is 33.8.